The number of rotatable bonds is 7. The van der Waals surface area contributed by atoms with Crippen molar-refractivity contribution in [1.82, 2.24) is 0 Å². The Bertz CT molecular complexity index is 1170. The van der Waals surface area contributed by atoms with Crippen LogP contribution >= 0.6 is 27.5 Å². The van der Waals surface area contributed by atoms with Gasteiger partial charge in [-0.15, -0.1) is 0 Å². The number of halogens is 2. The van der Waals surface area contributed by atoms with Crippen LogP contribution in [0.25, 0.3) is 6.08 Å². The second-order valence-electron chi connectivity index (χ2n) is 6.74. The van der Waals surface area contributed by atoms with Gasteiger partial charge in [0.05, 0.1) is 0 Å². The van der Waals surface area contributed by atoms with Gasteiger partial charge in [0.1, 0.15) is 24.0 Å². The highest BCUT2D eigenvalue weighted by molar-refractivity contribution is 9.10. The van der Waals surface area contributed by atoms with Crippen molar-refractivity contribution in [3.8, 4) is 11.8 Å². The number of hydrogen-bond donors (Lipinski definition) is 1. The first-order chi connectivity index (χ1) is 15.0. The lowest BCUT2D eigenvalue weighted by Crippen LogP contribution is -2.14. The molecule has 4 nitrogen and oxygen atoms in total. The van der Waals surface area contributed by atoms with Gasteiger partial charge in [0.25, 0.3) is 5.91 Å². The molecule has 0 aliphatic rings. The molecule has 0 atom stereocenters. The molecule has 0 heterocycles. The zero-order chi connectivity index (χ0) is 22.2. The van der Waals surface area contributed by atoms with Gasteiger partial charge in [-0.3, -0.25) is 4.79 Å². The average molecular weight is 496 g/mol. The number of nitrogens with zero attached hydrogens (tertiary/aromatic N) is 1. The number of para-hydroxylation sites is 1. The van der Waals surface area contributed by atoms with Crippen molar-refractivity contribution in [3.05, 3.63) is 98.5 Å². The third kappa shape index (κ3) is 6.21. The van der Waals surface area contributed by atoms with E-state index < -0.39 is 5.91 Å². The summed E-state index contributed by atoms with van der Waals surface area (Å²) >= 11 is 9.48. The molecule has 3 rings (SSSR count). The SMILES string of the molecule is CCc1ccccc1NC(=O)/C(C#N)=C/c1cc(Br)ccc1OCc1cccc(Cl)c1. The number of carbonyl (C=O) groups is 1. The molecule has 0 aromatic heterocycles. The topological polar surface area (TPSA) is 62.1 Å². The summed E-state index contributed by atoms with van der Waals surface area (Å²) in [6, 6.07) is 22.4. The second kappa shape index (κ2) is 10.8. The number of carbonyl (C=O) groups excluding carboxylic acids is 1. The smallest absolute Gasteiger partial charge is 0.266 e. The number of nitriles is 1. The van der Waals surface area contributed by atoms with Crippen molar-refractivity contribution < 1.29 is 9.53 Å². The first-order valence-corrected chi connectivity index (χ1v) is 10.8. The van der Waals surface area contributed by atoms with E-state index in [0.717, 1.165) is 22.0 Å². The Labute approximate surface area is 195 Å². The summed E-state index contributed by atoms with van der Waals surface area (Å²) in [6.45, 7) is 2.32. The number of amides is 1. The van der Waals surface area contributed by atoms with E-state index in [2.05, 4.69) is 21.2 Å². The molecule has 0 aliphatic heterocycles. The molecule has 0 spiro atoms. The number of benzene rings is 3. The fourth-order valence-corrected chi connectivity index (χ4v) is 3.59. The summed E-state index contributed by atoms with van der Waals surface area (Å²) in [6.07, 6.45) is 2.30. The van der Waals surface area contributed by atoms with Gasteiger partial charge in [0.15, 0.2) is 0 Å². The van der Waals surface area contributed by atoms with E-state index in [4.69, 9.17) is 16.3 Å². The van der Waals surface area contributed by atoms with E-state index in [1.54, 1.807) is 18.2 Å². The summed E-state index contributed by atoms with van der Waals surface area (Å²) in [7, 11) is 0. The Morgan fingerprint density at radius 2 is 1.97 bits per heavy atom. The lowest BCUT2D eigenvalue weighted by Gasteiger charge is -2.12. The first kappa shape index (κ1) is 22.6. The van der Waals surface area contributed by atoms with E-state index in [1.807, 2.05) is 61.5 Å². The fourth-order valence-electron chi connectivity index (χ4n) is 3.00. The molecule has 0 bridgehead atoms. The molecule has 3 aromatic rings. The van der Waals surface area contributed by atoms with Crippen molar-refractivity contribution >= 4 is 45.2 Å². The number of hydrogen-bond acceptors (Lipinski definition) is 3. The predicted octanol–water partition coefficient (Wildman–Crippen LogP) is 6.79. The van der Waals surface area contributed by atoms with Gasteiger partial charge < -0.3 is 10.1 Å². The molecule has 0 fully saturated rings. The first-order valence-electron chi connectivity index (χ1n) is 9.68. The quantitative estimate of drug-likeness (QED) is 0.290. The van der Waals surface area contributed by atoms with Gasteiger partial charge in [-0.25, -0.2) is 0 Å². The Balaban J connectivity index is 1.85. The molecule has 1 amide bonds. The second-order valence-corrected chi connectivity index (χ2v) is 8.09. The standard InChI is InChI=1S/C25H20BrClN2O2/c1-2-18-7-3-4-9-23(18)29-25(30)20(15-28)13-19-14-21(26)10-11-24(19)31-16-17-6-5-8-22(27)12-17/h3-14H,2,16H2,1H3,(H,29,30)/b20-13+. The summed E-state index contributed by atoms with van der Waals surface area (Å²) in [5, 5.41) is 13.1. The summed E-state index contributed by atoms with van der Waals surface area (Å²) in [4.78, 5) is 12.8. The third-order valence-corrected chi connectivity index (χ3v) is 5.29. The average Bonchev–Trinajstić information content (AvgIpc) is 2.77. The van der Waals surface area contributed by atoms with Crippen LogP contribution in [0.4, 0.5) is 5.69 Å². The fraction of sp³-hybridized carbons (Fsp3) is 0.120. The van der Waals surface area contributed by atoms with Crippen molar-refractivity contribution in [2.75, 3.05) is 5.32 Å². The van der Waals surface area contributed by atoms with Crippen LogP contribution in [0.2, 0.25) is 5.02 Å². The van der Waals surface area contributed by atoms with Crippen LogP contribution in [0.1, 0.15) is 23.6 Å². The van der Waals surface area contributed by atoms with Crippen LogP contribution in [-0.2, 0) is 17.8 Å². The monoisotopic (exact) mass is 494 g/mol. The molecule has 0 saturated carbocycles. The highest BCUT2D eigenvalue weighted by Crippen LogP contribution is 2.27. The maximum atomic E-state index is 12.8. The van der Waals surface area contributed by atoms with Gasteiger partial charge in [-0.2, -0.15) is 5.26 Å². The summed E-state index contributed by atoms with van der Waals surface area (Å²) in [5.74, 6) is 0.0850. The molecule has 3 aromatic carbocycles. The minimum Gasteiger partial charge on any atom is -0.488 e. The van der Waals surface area contributed by atoms with E-state index in [0.29, 0.717) is 28.6 Å². The van der Waals surface area contributed by atoms with E-state index >= 15 is 0 Å². The third-order valence-electron chi connectivity index (χ3n) is 4.57. The lowest BCUT2D eigenvalue weighted by atomic mass is 10.1. The van der Waals surface area contributed by atoms with Crippen LogP contribution in [0.5, 0.6) is 5.75 Å². The highest BCUT2D eigenvalue weighted by atomic mass is 79.9. The Hall–Kier alpha value is -3.07. The van der Waals surface area contributed by atoms with Gasteiger partial charge in [0, 0.05) is 20.7 Å². The van der Waals surface area contributed by atoms with Crippen LogP contribution in [0.3, 0.4) is 0 Å². The van der Waals surface area contributed by atoms with E-state index in [-0.39, 0.29) is 5.57 Å². The van der Waals surface area contributed by atoms with E-state index in [1.165, 1.54) is 6.08 Å². The minimum atomic E-state index is -0.468. The van der Waals surface area contributed by atoms with Crippen LogP contribution in [0.15, 0.2) is 76.8 Å². The number of nitrogens with one attached hydrogen (secondary N) is 1. The number of anilines is 1. The zero-order valence-corrected chi connectivity index (χ0v) is 19.2. The number of ether oxygens (including phenoxy) is 1. The molecule has 1 N–H and O–H groups in total. The molecule has 0 saturated heterocycles. The summed E-state index contributed by atoms with van der Waals surface area (Å²) in [5.41, 5.74) is 3.22. The Morgan fingerprint density at radius 1 is 1.16 bits per heavy atom. The lowest BCUT2D eigenvalue weighted by molar-refractivity contribution is -0.112. The van der Waals surface area contributed by atoms with Crippen LogP contribution < -0.4 is 10.1 Å². The highest BCUT2D eigenvalue weighted by Gasteiger charge is 2.13. The van der Waals surface area contributed by atoms with Gasteiger partial charge in [0.2, 0.25) is 0 Å². The molecule has 0 radical (unpaired) electrons. The number of aryl methyl sites for hydroxylation is 1. The van der Waals surface area contributed by atoms with Crippen molar-refractivity contribution in [1.29, 1.82) is 5.26 Å². The van der Waals surface area contributed by atoms with Crippen LogP contribution in [0, 0.1) is 11.3 Å². The van der Waals surface area contributed by atoms with Crippen molar-refractivity contribution in [3.63, 3.8) is 0 Å². The molecular weight excluding hydrogens is 476 g/mol. The Morgan fingerprint density at radius 3 is 2.71 bits per heavy atom. The molecule has 31 heavy (non-hydrogen) atoms. The van der Waals surface area contributed by atoms with E-state index in [9.17, 15) is 10.1 Å². The van der Waals surface area contributed by atoms with Crippen molar-refractivity contribution in [2.24, 2.45) is 0 Å². The Kier molecular flexibility index (Phi) is 7.88. The van der Waals surface area contributed by atoms with Gasteiger partial charge in [-0.05, 0) is 60.0 Å². The van der Waals surface area contributed by atoms with Crippen LogP contribution in [-0.4, -0.2) is 5.91 Å². The molecule has 0 aliphatic carbocycles. The van der Waals surface area contributed by atoms with Gasteiger partial charge in [-0.1, -0.05) is 64.8 Å². The maximum Gasteiger partial charge on any atom is 0.266 e. The molecule has 156 valence electrons. The predicted molar refractivity (Wildman–Crippen MR) is 128 cm³/mol. The summed E-state index contributed by atoms with van der Waals surface area (Å²) < 4.78 is 6.76. The van der Waals surface area contributed by atoms with Crippen molar-refractivity contribution in [2.45, 2.75) is 20.0 Å². The molecular formula is C25H20BrClN2O2. The minimum absolute atomic E-state index is 0.0170. The molecule has 6 heteroatoms. The zero-order valence-electron chi connectivity index (χ0n) is 16.9. The normalized spacial score (nSPS) is 11.0. The maximum absolute atomic E-state index is 12.8. The molecule has 0 unspecified atom stereocenters. The van der Waals surface area contributed by atoms with Gasteiger partial charge >= 0.3 is 0 Å². The largest absolute Gasteiger partial charge is 0.488 e.